The Hall–Kier alpha value is -0.740. The summed E-state index contributed by atoms with van der Waals surface area (Å²) in [7, 11) is 0. The van der Waals surface area contributed by atoms with Crippen LogP contribution in [-0.4, -0.2) is 37.1 Å². The van der Waals surface area contributed by atoms with Crippen molar-refractivity contribution in [1.29, 1.82) is 0 Å². The second-order valence-corrected chi connectivity index (χ2v) is 5.87. The van der Waals surface area contributed by atoms with E-state index in [0.717, 1.165) is 29.3 Å². The van der Waals surface area contributed by atoms with Gasteiger partial charge in [-0.2, -0.15) is 0 Å². The highest BCUT2D eigenvalue weighted by Gasteiger charge is 2.31. The molecule has 4 heteroatoms. The summed E-state index contributed by atoms with van der Waals surface area (Å²) in [6.07, 6.45) is 2.81. The van der Waals surface area contributed by atoms with Crippen LogP contribution >= 0.6 is 15.9 Å². The van der Waals surface area contributed by atoms with Crippen LogP contribution in [0.1, 0.15) is 12.8 Å². The van der Waals surface area contributed by atoms with E-state index in [2.05, 4.69) is 37.9 Å². The van der Waals surface area contributed by atoms with Gasteiger partial charge in [-0.1, -0.05) is 15.9 Å². The summed E-state index contributed by atoms with van der Waals surface area (Å²) in [5.74, 6) is 0. The molecule has 2 aliphatic rings. The zero-order valence-corrected chi connectivity index (χ0v) is 11.5. The molecular formula is C13H18BrN3. The molecule has 92 valence electrons. The van der Waals surface area contributed by atoms with Gasteiger partial charge in [0.2, 0.25) is 0 Å². The minimum atomic E-state index is 0.874. The van der Waals surface area contributed by atoms with E-state index >= 15 is 0 Å². The Morgan fingerprint density at radius 1 is 1.12 bits per heavy atom. The van der Waals surface area contributed by atoms with Crippen molar-refractivity contribution in [2.75, 3.05) is 36.8 Å². The third-order valence-electron chi connectivity index (χ3n) is 3.71. The van der Waals surface area contributed by atoms with Crippen LogP contribution in [0.3, 0.4) is 0 Å². The fraction of sp³-hybridized carbons (Fsp3) is 0.538. The van der Waals surface area contributed by atoms with Crippen molar-refractivity contribution in [3.8, 4) is 0 Å². The zero-order chi connectivity index (χ0) is 11.8. The summed E-state index contributed by atoms with van der Waals surface area (Å²) in [6, 6.07) is 7.06. The molecule has 0 radical (unpaired) electrons. The summed E-state index contributed by atoms with van der Waals surface area (Å²) in [6.45, 7) is 4.56. The molecule has 1 aliphatic heterocycles. The number of nitrogens with zero attached hydrogens (tertiary/aromatic N) is 2. The van der Waals surface area contributed by atoms with Crippen molar-refractivity contribution < 1.29 is 0 Å². The summed E-state index contributed by atoms with van der Waals surface area (Å²) >= 11 is 3.45. The van der Waals surface area contributed by atoms with Crippen molar-refractivity contribution in [3.63, 3.8) is 0 Å². The molecule has 1 saturated carbocycles. The maximum Gasteiger partial charge on any atom is 0.0601 e. The molecule has 3 rings (SSSR count). The number of hydrogen-bond acceptors (Lipinski definition) is 3. The van der Waals surface area contributed by atoms with E-state index in [1.807, 2.05) is 6.07 Å². The lowest BCUT2D eigenvalue weighted by Crippen LogP contribution is -2.47. The number of benzene rings is 1. The molecule has 2 fully saturated rings. The monoisotopic (exact) mass is 295 g/mol. The Morgan fingerprint density at radius 3 is 2.41 bits per heavy atom. The zero-order valence-electron chi connectivity index (χ0n) is 9.90. The standard InChI is InChI=1S/C13H18BrN3/c14-10-1-4-13(12(15)9-10)17-7-5-16(6-8-17)11-2-3-11/h1,4,9,11H,2-3,5-8,15H2. The molecule has 1 heterocycles. The van der Waals surface area contributed by atoms with E-state index in [1.165, 1.54) is 31.6 Å². The molecule has 0 unspecified atom stereocenters. The Morgan fingerprint density at radius 2 is 1.82 bits per heavy atom. The molecule has 1 saturated heterocycles. The van der Waals surface area contributed by atoms with Crippen LogP contribution < -0.4 is 10.6 Å². The second kappa shape index (κ2) is 4.50. The van der Waals surface area contributed by atoms with Gasteiger partial charge < -0.3 is 10.6 Å². The third kappa shape index (κ3) is 2.43. The molecule has 1 aliphatic carbocycles. The highest BCUT2D eigenvalue weighted by molar-refractivity contribution is 9.10. The number of nitrogen functional groups attached to an aromatic ring is 1. The van der Waals surface area contributed by atoms with Crippen LogP contribution in [0, 0.1) is 0 Å². The largest absolute Gasteiger partial charge is 0.397 e. The predicted octanol–water partition coefficient (Wildman–Crippen LogP) is 2.32. The van der Waals surface area contributed by atoms with Crippen molar-refractivity contribution >= 4 is 27.3 Å². The molecule has 0 spiro atoms. The topological polar surface area (TPSA) is 32.5 Å². The lowest BCUT2D eigenvalue weighted by Gasteiger charge is -2.36. The quantitative estimate of drug-likeness (QED) is 0.850. The maximum absolute atomic E-state index is 6.07. The summed E-state index contributed by atoms with van der Waals surface area (Å²) in [5.41, 5.74) is 8.13. The van der Waals surface area contributed by atoms with Gasteiger partial charge >= 0.3 is 0 Å². The van der Waals surface area contributed by atoms with Gasteiger partial charge in [-0.15, -0.1) is 0 Å². The summed E-state index contributed by atoms with van der Waals surface area (Å²) in [5, 5.41) is 0. The molecule has 0 bridgehead atoms. The Labute approximate surface area is 111 Å². The molecule has 3 nitrogen and oxygen atoms in total. The predicted molar refractivity (Wildman–Crippen MR) is 75.4 cm³/mol. The Balaban J connectivity index is 1.68. The molecule has 0 amide bonds. The first-order valence-electron chi connectivity index (χ1n) is 6.28. The number of anilines is 2. The number of halogens is 1. The number of nitrogens with two attached hydrogens (primary N) is 1. The van der Waals surface area contributed by atoms with Gasteiger partial charge in [0.25, 0.3) is 0 Å². The van der Waals surface area contributed by atoms with E-state index in [-0.39, 0.29) is 0 Å². The van der Waals surface area contributed by atoms with Crippen molar-refractivity contribution in [2.45, 2.75) is 18.9 Å². The fourth-order valence-electron chi connectivity index (χ4n) is 2.58. The second-order valence-electron chi connectivity index (χ2n) is 4.96. The SMILES string of the molecule is Nc1cc(Br)ccc1N1CCN(C2CC2)CC1. The van der Waals surface area contributed by atoms with Gasteiger partial charge in [-0.05, 0) is 31.0 Å². The van der Waals surface area contributed by atoms with Crippen molar-refractivity contribution in [1.82, 2.24) is 4.90 Å². The van der Waals surface area contributed by atoms with Gasteiger partial charge in [-0.25, -0.2) is 0 Å². The Bertz CT molecular complexity index is 409. The van der Waals surface area contributed by atoms with Crippen LogP contribution in [-0.2, 0) is 0 Å². The van der Waals surface area contributed by atoms with Gasteiger partial charge in [0.15, 0.2) is 0 Å². The lowest BCUT2D eigenvalue weighted by molar-refractivity contribution is 0.248. The van der Waals surface area contributed by atoms with Gasteiger partial charge in [-0.3, -0.25) is 4.90 Å². The van der Waals surface area contributed by atoms with Crippen molar-refractivity contribution in [2.24, 2.45) is 0 Å². The van der Waals surface area contributed by atoms with E-state index in [0.29, 0.717) is 0 Å². The summed E-state index contributed by atoms with van der Waals surface area (Å²) < 4.78 is 1.05. The molecule has 1 aromatic carbocycles. The van der Waals surface area contributed by atoms with Crippen LogP contribution in [0.25, 0.3) is 0 Å². The molecule has 17 heavy (non-hydrogen) atoms. The van der Waals surface area contributed by atoms with E-state index < -0.39 is 0 Å². The molecule has 0 atom stereocenters. The van der Waals surface area contributed by atoms with Crippen LogP contribution in [0.15, 0.2) is 22.7 Å². The smallest absolute Gasteiger partial charge is 0.0601 e. The first kappa shape index (κ1) is 11.4. The number of rotatable bonds is 2. The molecule has 2 N–H and O–H groups in total. The van der Waals surface area contributed by atoms with E-state index in [4.69, 9.17) is 5.73 Å². The first-order chi connectivity index (χ1) is 8.24. The average molecular weight is 296 g/mol. The fourth-order valence-corrected chi connectivity index (χ4v) is 2.96. The Kier molecular flexibility index (Phi) is 3.01. The molecule has 1 aromatic rings. The molecular weight excluding hydrogens is 278 g/mol. The lowest BCUT2D eigenvalue weighted by atomic mass is 10.2. The van der Waals surface area contributed by atoms with E-state index in [1.54, 1.807) is 0 Å². The van der Waals surface area contributed by atoms with Crippen molar-refractivity contribution in [3.05, 3.63) is 22.7 Å². The van der Waals surface area contributed by atoms with Crippen LogP contribution in [0.2, 0.25) is 0 Å². The highest BCUT2D eigenvalue weighted by Crippen LogP contribution is 2.31. The van der Waals surface area contributed by atoms with Gasteiger partial charge in [0.1, 0.15) is 0 Å². The number of hydrogen-bond donors (Lipinski definition) is 1. The minimum Gasteiger partial charge on any atom is -0.397 e. The third-order valence-corrected chi connectivity index (χ3v) is 4.20. The van der Waals surface area contributed by atoms with E-state index in [9.17, 15) is 0 Å². The minimum absolute atomic E-state index is 0.874. The van der Waals surface area contributed by atoms with Crippen LogP contribution in [0.5, 0.6) is 0 Å². The van der Waals surface area contributed by atoms with Gasteiger partial charge in [0.05, 0.1) is 11.4 Å². The highest BCUT2D eigenvalue weighted by atomic mass is 79.9. The normalized spacial score (nSPS) is 21.8. The van der Waals surface area contributed by atoms with Gasteiger partial charge in [0, 0.05) is 36.7 Å². The molecule has 0 aromatic heterocycles. The van der Waals surface area contributed by atoms with Crippen LogP contribution in [0.4, 0.5) is 11.4 Å². The number of piperazine rings is 1. The summed E-state index contributed by atoms with van der Waals surface area (Å²) in [4.78, 5) is 5.02. The average Bonchev–Trinajstić information content (AvgIpc) is 3.13. The first-order valence-corrected chi connectivity index (χ1v) is 7.07. The maximum atomic E-state index is 6.07.